The van der Waals surface area contributed by atoms with Crippen molar-refractivity contribution in [2.45, 2.75) is 53.1 Å². The Kier molecular flexibility index (Phi) is 5.11. The number of aromatic nitrogens is 1. The van der Waals surface area contributed by atoms with Crippen LogP contribution in [0.2, 0.25) is 0 Å². The quantitative estimate of drug-likeness (QED) is 0.833. The zero-order chi connectivity index (χ0) is 14.6. The molecule has 0 atom stereocenters. The second-order valence-electron chi connectivity index (χ2n) is 5.89. The molecule has 1 heterocycles. The molecule has 5 heteroatoms. The van der Waals surface area contributed by atoms with Gasteiger partial charge in [0.05, 0.1) is 12.7 Å². The van der Waals surface area contributed by atoms with E-state index in [-0.39, 0.29) is 17.4 Å². The minimum Gasteiger partial charge on any atom is -0.377 e. The predicted octanol–water partition coefficient (Wildman–Crippen LogP) is 2.44. The van der Waals surface area contributed by atoms with Crippen LogP contribution in [-0.4, -0.2) is 30.3 Å². The van der Waals surface area contributed by atoms with E-state index >= 15 is 0 Å². The molecule has 0 bridgehead atoms. The van der Waals surface area contributed by atoms with Gasteiger partial charge in [0.15, 0.2) is 0 Å². The smallest absolute Gasteiger partial charge is 0.256 e. The summed E-state index contributed by atoms with van der Waals surface area (Å²) in [5.41, 5.74) is 1.00. The van der Waals surface area contributed by atoms with Crippen molar-refractivity contribution in [1.29, 1.82) is 0 Å². The molecular formula is C14H24N2O3. The van der Waals surface area contributed by atoms with Crippen molar-refractivity contribution < 1.29 is 14.1 Å². The predicted molar refractivity (Wildman–Crippen MR) is 73.4 cm³/mol. The summed E-state index contributed by atoms with van der Waals surface area (Å²) in [7, 11) is 0. The first kappa shape index (κ1) is 15.7. The van der Waals surface area contributed by atoms with E-state index in [1.54, 1.807) is 6.92 Å². The average molecular weight is 268 g/mol. The third-order valence-electron chi connectivity index (χ3n) is 2.64. The Morgan fingerprint density at radius 3 is 2.58 bits per heavy atom. The summed E-state index contributed by atoms with van der Waals surface area (Å²) >= 11 is 0. The largest absolute Gasteiger partial charge is 0.377 e. The van der Waals surface area contributed by atoms with E-state index in [9.17, 15) is 4.79 Å². The van der Waals surface area contributed by atoms with Crippen molar-refractivity contribution in [3.05, 3.63) is 17.0 Å². The fourth-order valence-electron chi connectivity index (χ4n) is 1.70. The van der Waals surface area contributed by atoms with Crippen molar-refractivity contribution in [3.8, 4) is 0 Å². The van der Waals surface area contributed by atoms with Crippen molar-refractivity contribution in [2.24, 2.45) is 0 Å². The van der Waals surface area contributed by atoms with E-state index in [0.29, 0.717) is 30.2 Å². The van der Waals surface area contributed by atoms with Gasteiger partial charge in [-0.2, -0.15) is 0 Å². The normalized spacial score (nSPS) is 11.9. The standard InChI is InChI=1S/C14H24N2O3/c1-9(2)18-8-7-15-13(17)11-10(3)19-16-12(11)14(4,5)6/h9H,7-8H2,1-6H3,(H,15,17). The van der Waals surface area contributed by atoms with Crippen LogP contribution >= 0.6 is 0 Å². The van der Waals surface area contributed by atoms with Crippen molar-refractivity contribution >= 4 is 5.91 Å². The summed E-state index contributed by atoms with van der Waals surface area (Å²) in [6.45, 7) is 12.7. The van der Waals surface area contributed by atoms with Gasteiger partial charge in [0.25, 0.3) is 5.91 Å². The maximum Gasteiger partial charge on any atom is 0.256 e. The first-order valence-electron chi connectivity index (χ1n) is 6.60. The first-order chi connectivity index (χ1) is 8.73. The molecule has 0 fully saturated rings. The summed E-state index contributed by atoms with van der Waals surface area (Å²) in [4.78, 5) is 12.2. The van der Waals surface area contributed by atoms with Crippen LogP contribution in [0.3, 0.4) is 0 Å². The lowest BCUT2D eigenvalue weighted by Crippen LogP contribution is -2.30. The molecule has 1 aromatic rings. The molecule has 0 radical (unpaired) electrons. The Hall–Kier alpha value is -1.36. The number of carbonyl (C=O) groups excluding carboxylic acids is 1. The molecule has 19 heavy (non-hydrogen) atoms. The summed E-state index contributed by atoms with van der Waals surface area (Å²) < 4.78 is 10.5. The van der Waals surface area contributed by atoms with Gasteiger partial charge in [0.1, 0.15) is 17.0 Å². The topological polar surface area (TPSA) is 64.4 Å². The van der Waals surface area contributed by atoms with E-state index < -0.39 is 0 Å². The fraction of sp³-hybridized carbons (Fsp3) is 0.714. The van der Waals surface area contributed by atoms with Gasteiger partial charge in [-0.25, -0.2) is 0 Å². The highest BCUT2D eigenvalue weighted by atomic mass is 16.5. The van der Waals surface area contributed by atoms with Crippen molar-refractivity contribution in [3.63, 3.8) is 0 Å². The Morgan fingerprint density at radius 2 is 2.05 bits per heavy atom. The summed E-state index contributed by atoms with van der Waals surface area (Å²) in [6, 6.07) is 0. The molecule has 0 aliphatic heterocycles. The molecule has 0 spiro atoms. The molecule has 0 saturated carbocycles. The molecule has 1 amide bonds. The Labute approximate surface area is 114 Å². The molecule has 0 saturated heterocycles. The van der Waals surface area contributed by atoms with Crippen LogP contribution in [0.4, 0.5) is 0 Å². The first-order valence-corrected chi connectivity index (χ1v) is 6.60. The van der Waals surface area contributed by atoms with Crippen LogP contribution < -0.4 is 5.32 Å². The lowest BCUT2D eigenvalue weighted by Gasteiger charge is -2.16. The van der Waals surface area contributed by atoms with Gasteiger partial charge >= 0.3 is 0 Å². The Bertz CT molecular complexity index is 430. The number of hydrogen-bond donors (Lipinski definition) is 1. The summed E-state index contributed by atoms with van der Waals surface area (Å²) in [6.07, 6.45) is 0.166. The number of nitrogens with one attached hydrogen (secondary N) is 1. The highest BCUT2D eigenvalue weighted by Crippen LogP contribution is 2.26. The molecule has 1 aromatic heterocycles. The van der Waals surface area contributed by atoms with E-state index in [0.717, 1.165) is 0 Å². The number of aryl methyl sites for hydroxylation is 1. The molecule has 0 aliphatic carbocycles. The fourth-order valence-corrected chi connectivity index (χ4v) is 1.70. The molecule has 5 nitrogen and oxygen atoms in total. The van der Waals surface area contributed by atoms with Gasteiger partial charge in [-0.15, -0.1) is 0 Å². The lowest BCUT2D eigenvalue weighted by atomic mass is 9.88. The number of ether oxygens (including phenoxy) is 1. The van der Waals surface area contributed by atoms with Crippen molar-refractivity contribution in [1.82, 2.24) is 10.5 Å². The monoisotopic (exact) mass is 268 g/mol. The number of carbonyl (C=O) groups is 1. The van der Waals surface area contributed by atoms with Crippen molar-refractivity contribution in [2.75, 3.05) is 13.2 Å². The van der Waals surface area contributed by atoms with Crippen LogP contribution in [-0.2, 0) is 10.2 Å². The minimum atomic E-state index is -0.223. The number of rotatable bonds is 5. The van der Waals surface area contributed by atoms with E-state index in [1.165, 1.54) is 0 Å². The van der Waals surface area contributed by atoms with E-state index in [2.05, 4.69) is 10.5 Å². The highest BCUT2D eigenvalue weighted by molar-refractivity contribution is 5.96. The minimum absolute atomic E-state index is 0.156. The zero-order valence-electron chi connectivity index (χ0n) is 12.7. The molecule has 1 N–H and O–H groups in total. The van der Waals surface area contributed by atoms with Gasteiger partial charge in [0.2, 0.25) is 0 Å². The number of nitrogens with zero attached hydrogens (tertiary/aromatic N) is 1. The molecular weight excluding hydrogens is 244 g/mol. The summed E-state index contributed by atoms with van der Waals surface area (Å²) in [5, 5.41) is 6.83. The molecule has 1 rings (SSSR count). The maximum absolute atomic E-state index is 12.2. The third kappa shape index (κ3) is 4.35. The van der Waals surface area contributed by atoms with Gasteiger partial charge in [-0.05, 0) is 20.8 Å². The summed E-state index contributed by atoms with van der Waals surface area (Å²) in [5.74, 6) is 0.392. The molecule has 0 aromatic carbocycles. The van der Waals surface area contributed by atoms with Gasteiger partial charge in [-0.3, -0.25) is 4.79 Å². The van der Waals surface area contributed by atoms with Crippen LogP contribution in [0.5, 0.6) is 0 Å². The van der Waals surface area contributed by atoms with Crippen LogP contribution in [0, 0.1) is 6.92 Å². The second-order valence-corrected chi connectivity index (χ2v) is 5.89. The van der Waals surface area contributed by atoms with Gasteiger partial charge in [0, 0.05) is 12.0 Å². The second kappa shape index (κ2) is 6.19. The average Bonchev–Trinajstić information content (AvgIpc) is 2.65. The SMILES string of the molecule is Cc1onc(C(C)(C)C)c1C(=O)NCCOC(C)C. The number of amides is 1. The zero-order valence-corrected chi connectivity index (χ0v) is 12.7. The highest BCUT2D eigenvalue weighted by Gasteiger charge is 2.28. The van der Waals surface area contributed by atoms with Crippen LogP contribution in [0.25, 0.3) is 0 Å². The maximum atomic E-state index is 12.2. The molecule has 0 aliphatic rings. The van der Waals surface area contributed by atoms with Gasteiger partial charge in [-0.1, -0.05) is 25.9 Å². The van der Waals surface area contributed by atoms with Crippen LogP contribution in [0.15, 0.2) is 4.52 Å². The molecule has 108 valence electrons. The number of hydrogen-bond acceptors (Lipinski definition) is 4. The van der Waals surface area contributed by atoms with Gasteiger partial charge < -0.3 is 14.6 Å². The van der Waals surface area contributed by atoms with Crippen LogP contribution in [0.1, 0.15) is 56.4 Å². The van der Waals surface area contributed by atoms with E-state index in [1.807, 2.05) is 34.6 Å². The Morgan fingerprint density at radius 1 is 1.42 bits per heavy atom. The van der Waals surface area contributed by atoms with E-state index in [4.69, 9.17) is 9.26 Å². The molecule has 0 unspecified atom stereocenters. The third-order valence-corrected chi connectivity index (χ3v) is 2.64. The Balaban J connectivity index is 2.69. The lowest BCUT2D eigenvalue weighted by molar-refractivity contribution is 0.0745.